The Kier molecular flexibility index (Phi) is 2.47. The van der Waals surface area contributed by atoms with Crippen LogP contribution < -0.4 is 5.32 Å². The first-order valence-corrected chi connectivity index (χ1v) is 5.13. The normalized spacial score (nSPS) is 35.0. The Morgan fingerprint density at radius 3 is 2.64 bits per heavy atom. The molecule has 1 saturated carbocycles. The summed E-state index contributed by atoms with van der Waals surface area (Å²) < 4.78 is 17.9. The van der Waals surface area contributed by atoms with Crippen molar-refractivity contribution in [1.29, 1.82) is 0 Å². The minimum atomic E-state index is -0.731. The Morgan fingerprint density at radius 1 is 1.50 bits per heavy atom. The molecular formula is C10H16FNO2. The van der Waals surface area contributed by atoms with Gasteiger partial charge in [0.2, 0.25) is 5.91 Å². The maximum absolute atomic E-state index is 12.8. The Hall–Kier alpha value is -0.640. The average molecular weight is 201 g/mol. The molecule has 80 valence electrons. The Bertz CT molecular complexity index is 240. The maximum Gasteiger partial charge on any atom is 0.230 e. The predicted molar refractivity (Wildman–Crippen MR) is 49.6 cm³/mol. The van der Waals surface area contributed by atoms with Crippen molar-refractivity contribution in [2.24, 2.45) is 5.41 Å². The highest BCUT2D eigenvalue weighted by Gasteiger charge is 2.42. The zero-order valence-electron chi connectivity index (χ0n) is 8.38. The van der Waals surface area contributed by atoms with Gasteiger partial charge in [-0.25, -0.2) is 4.39 Å². The molecule has 4 heteroatoms. The molecule has 0 radical (unpaired) electrons. The van der Waals surface area contributed by atoms with Crippen molar-refractivity contribution < 1.29 is 13.9 Å². The number of hydrogen-bond acceptors (Lipinski definition) is 2. The van der Waals surface area contributed by atoms with Crippen LogP contribution in [0.3, 0.4) is 0 Å². The van der Waals surface area contributed by atoms with Crippen molar-refractivity contribution >= 4 is 5.91 Å². The predicted octanol–water partition coefficient (Wildman–Crippen LogP) is 1.03. The largest absolute Gasteiger partial charge is 0.379 e. The fourth-order valence-corrected chi connectivity index (χ4v) is 1.96. The molecular weight excluding hydrogens is 185 g/mol. The van der Waals surface area contributed by atoms with Gasteiger partial charge in [0.25, 0.3) is 0 Å². The summed E-state index contributed by atoms with van der Waals surface area (Å²) in [5.41, 5.74) is -0.367. The number of nitrogens with one attached hydrogen (secondary N) is 1. The van der Waals surface area contributed by atoms with E-state index >= 15 is 0 Å². The summed E-state index contributed by atoms with van der Waals surface area (Å²) in [4.78, 5) is 11.7. The van der Waals surface area contributed by atoms with Crippen LogP contribution in [0.2, 0.25) is 0 Å². The van der Waals surface area contributed by atoms with Gasteiger partial charge in [0, 0.05) is 6.04 Å². The lowest BCUT2D eigenvalue weighted by Gasteiger charge is -2.37. The molecule has 2 fully saturated rings. The zero-order valence-corrected chi connectivity index (χ0v) is 8.38. The quantitative estimate of drug-likeness (QED) is 0.724. The SMILES string of the molecule is CC1(C(=O)NC2CCC(F)C2)COC1. The van der Waals surface area contributed by atoms with E-state index in [4.69, 9.17) is 4.74 Å². The third kappa shape index (κ3) is 1.75. The Labute approximate surface area is 83.0 Å². The average Bonchev–Trinajstić information content (AvgIpc) is 2.47. The summed E-state index contributed by atoms with van der Waals surface area (Å²) in [6, 6.07) is 0.0370. The lowest BCUT2D eigenvalue weighted by atomic mass is 9.87. The molecule has 1 N–H and O–H groups in total. The molecule has 1 aliphatic heterocycles. The molecule has 2 atom stereocenters. The van der Waals surface area contributed by atoms with Crippen molar-refractivity contribution in [3.05, 3.63) is 0 Å². The Morgan fingerprint density at radius 2 is 2.21 bits per heavy atom. The minimum Gasteiger partial charge on any atom is -0.379 e. The number of carbonyl (C=O) groups is 1. The molecule has 0 aromatic rings. The summed E-state index contributed by atoms with van der Waals surface area (Å²) >= 11 is 0. The number of halogens is 1. The van der Waals surface area contributed by atoms with Crippen LogP contribution in [-0.2, 0) is 9.53 Å². The van der Waals surface area contributed by atoms with E-state index < -0.39 is 6.17 Å². The number of rotatable bonds is 2. The molecule has 0 spiro atoms. The summed E-state index contributed by atoms with van der Waals surface area (Å²) in [6.45, 7) is 2.86. The maximum atomic E-state index is 12.8. The van der Waals surface area contributed by atoms with Crippen LogP contribution in [0.4, 0.5) is 4.39 Å². The van der Waals surface area contributed by atoms with E-state index in [0.717, 1.165) is 6.42 Å². The molecule has 14 heavy (non-hydrogen) atoms. The van der Waals surface area contributed by atoms with Crippen LogP contribution in [0, 0.1) is 5.41 Å². The molecule has 2 rings (SSSR count). The first-order valence-electron chi connectivity index (χ1n) is 5.13. The molecule has 1 aliphatic carbocycles. The van der Waals surface area contributed by atoms with Crippen molar-refractivity contribution in [3.8, 4) is 0 Å². The van der Waals surface area contributed by atoms with Gasteiger partial charge >= 0.3 is 0 Å². The van der Waals surface area contributed by atoms with Crippen LogP contribution in [0.5, 0.6) is 0 Å². The van der Waals surface area contributed by atoms with Gasteiger partial charge in [-0.05, 0) is 26.2 Å². The molecule has 0 aromatic heterocycles. The highest BCUT2D eigenvalue weighted by atomic mass is 19.1. The van der Waals surface area contributed by atoms with Crippen molar-refractivity contribution in [3.63, 3.8) is 0 Å². The van der Waals surface area contributed by atoms with Crippen molar-refractivity contribution in [2.45, 2.75) is 38.4 Å². The summed E-state index contributed by atoms with van der Waals surface area (Å²) in [7, 11) is 0. The van der Waals surface area contributed by atoms with Gasteiger partial charge in [0.05, 0.1) is 18.6 Å². The molecule has 3 nitrogen and oxygen atoms in total. The van der Waals surface area contributed by atoms with Crippen molar-refractivity contribution in [2.75, 3.05) is 13.2 Å². The van der Waals surface area contributed by atoms with Gasteiger partial charge < -0.3 is 10.1 Å². The topological polar surface area (TPSA) is 38.3 Å². The summed E-state index contributed by atoms with van der Waals surface area (Å²) in [5, 5.41) is 2.89. The van der Waals surface area contributed by atoms with E-state index in [2.05, 4.69) is 5.32 Å². The van der Waals surface area contributed by atoms with Gasteiger partial charge in [-0.3, -0.25) is 4.79 Å². The molecule has 2 unspecified atom stereocenters. The van der Waals surface area contributed by atoms with Crippen molar-refractivity contribution in [1.82, 2.24) is 5.32 Å². The second-order valence-corrected chi connectivity index (χ2v) is 4.63. The number of carbonyl (C=O) groups excluding carboxylic acids is 1. The minimum absolute atomic E-state index is 0.0165. The standard InChI is InChI=1S/C10H16FNO2/c1-10(5-14-6-10)9(13)12-8-3-2-7(11)4-8/h7-8H,2-6H2,1H3,(H,12,13). The number of amides is 1. The molecule has 1 amide bonds. The van der Waals surface area contributed by atoms with E-state index in [9.17, 15) is 9.18 Å². The van der Waals surface area contributed by atoms with Crippen LogP contribution in [-0.4, -0.2) is 31.3 Å². The van der Waals surface area contributed by atoms with Gasteiger partial charge in [-0.15, -0.1) is 0 Å². The molecule has 2 aliphatic rings. The fraction of sp³-hybridized carbons (Fsp3) is 0.900. The Balaban J connectivity index is 1.82. The summed E-state index contributed by atoms with van der Waals surface area (Å²) in [6.07, 6.45) is 1.09. The lowest BCUT2D eigenvalue weighted by molar-refractivity contribution is -0.158. The summed E-state index contributed by atoms with van der Waals surface area (Å²) in [5.74, 6) is 0.0165. The van der Waals surface area contributed by atoms with Gasteiger partial charge in [0.15, 0.2) is 0 Å². The van der Waals surface area contributed by atoms with Crippen LogP contribution >= 0.6 is 0 Å². The van der Waals surface area contributed by atoms with Gasteiger partial charge in [-0.2, -0.15) is 0 Å². The van der Waals surface area contributed by atoms with E-state index in [0.29, 0.717) is 26.1 Å². The second kappa shape index (κ2) is 3.50. The lowest BCUT2D eigenvalue weighted by Crippen LogP contribution is -2.53. The van der Waals surface area contributed by atoms with E-state index in [1.54, 1.807) is 0 Å². The number of ether oxygens (including phenoxy) is 1. The first kappa shape index (κ1) is 9.90. The first-order chi connectivity index (χ1) is 6.60. The van der Waals surface area contributed by atoms with E-state index in [1.165, 1.54) is 0 Å². The van der Waals surface area contributed by atoms with Gasteiger partial charge in [0.1, 0.15) is 6.17 Å². The number of hydrogen-bond donors (Lipinski definition) is 1. The second-order valence-electron chi connectivity index (χ2n) is 4.63. The molecule has 1 saturated heterocycles. The molecule has 1 heterocycles. The highest BCUT2D eigenvalue weighted by Crippen LogP contribution is 2.28. The van der Waals surface area contributed by atoms with Crippen LogP contribution in [0.15, 0.2) is 0 Å². The van der Waals surface area contributed by atoms with Crippen LogP contribution in [0.1, 0.15) is 26.2 Å². The highest BCUT2D eigenvalue weighted by molar-refractivity contribution is 5.83. The van der Waals surface area contributed by atoms with Crippen LogP contribution in [0.25, 0.3) is 0 Å². The number of alkyl halides is 1. The third-order valence-corrected chi connectivity index (χ3v) is 3.09. The van der Waals surface area contributed by atoms with E-state index in [1.807, 2.05) is 6.92 Å². The molecule has 0 bridgehead atoms. The third-order valence-electron chi connectivity index (χ3n) is 3.09. The van der Waals surface area contributed by atoms with Gasteiger partial charge in [-0.1, -0.05) is 0 Å². The molecule has 0 aromatic carbocycles. The zero-order chi connectivity index (χ0) is 10.2. The monoisotopic (exact) mass is 201 g/mol. The fourth-order valence-electron chi connectivity index (χ4n) is 1.96. The van der Waals surface area contributed by atoms with E-state index in [-0.39, 0.29) is 17.4 Å². The smallest absolute Gasteiger partial charge is 0.230 e.